The molecule has 5 nitrogen and oxygen atoms in total. The Morgan fingerprint density at radius 2 is 2.33 bits per heavy atom. The van der Waals surface area contributed by atoms with Gasteiger partial charge in [-0.2, -0.15) is 0 Å². The molecule has 1 aliphatic rings. The quantitative estimate of drug-likeness (QED) is 0.852. The number of rotatable bonds is 3. The van der Waals surface area contributed by atoms with E-state index >= 15 is 0 Å². The summed E-state index contributed by atoms with van der Waals surface area (Å²) in [5.74, 6) is 0.479. The summed E-state index contributed by atoms with van der Waals surface area (Å²) in [6, 6.07) is 1.82. The third-order valence-electron chi connectivity index (χ3n) is 2.93. The molecule has 1 atom stereocenters. The van der Waals surface area contributed by atoms with E-state index in [9.17, 15) is 0 Å². The Balaban J connectivity index is 1.85. The number of halogens is 1. The van der Waals surface area contributed by atoms with Crippen LogP contribution in [0.5, 0.6) is 5.88 Å². The molecule has 2 aromatic heterocycles. The number of fused-ring (bicyclic) bond motifs is 1. The highest BCUT2D eigenvalue weighted by molar-refractivity contribution is 6.34. The van der Waals surface area contributed by atoms with Crippen molar-refractivity contribution in [1.29, 1.82) is 0 Å². The third kappa shape index (κ3) is 2.23. The lowest BCUT2D eigenvalue weighted by atomic mass is 10.2. The van der Waals surface area contributed by atoms with E-state index in [1.807, 2.05) is 6.07 Å². The summed E-state index contributed by atoms with van der Waals surface area (Å²) in [7, 11) is 0. The van der Waals surface area contributed by atoms with Gasteiger partial charge in [-0.25, -0.2) is 0 Å². The normalized spacial score (nSPS) is 19.3. The van der Waals surface area contributed by atoms with Crippen LogP contribution in [0, 0.1) is 0 Å². The smallest absolute Gasteiger partial charge is 0.241 e. The highest BCUT2D eigenvalue weighted by Gasteiger charge is 2.17. The summed E-state index contributed by atoms with van der Waals surface area (Å²) >= 11 is 5.96. The van der Waals surface area contributed by atoms with Gasteiger partial charge in [-0.3, -0.25) is 4.98 Å². The summed E-state index contributed by atoms with van der Waals surface area (Å²) in [5, 5.41) is 9.75. The molecule has 1 fully saturated rings. The van der Waals surface area contributed by atoms with Crippen molar-refractivity contribution >= 4 is 22.4 Å². The fourth-order valence-corrected chi connectivity index (χ4v) is 2.19. The second-order valence-electron chi connectivity index (χ2n) is 4.16. The highest BCUT2D eigenvalue weighted by Crippen LogP contribution is 2.26. The number of hydrogen-bond donors (Lipinski definition) is 0. The van der Waals surface area contributed by atoms with Crippen molar-refractivity contribution in [2.75, 3.05) is 13.2 Å². The molecule has 0 saturated carbocycles. The molecule has 1 saturated heterocycles. The molecular weight excluding hydrogens is 254 g/mol. The second-order valence-corrected chi connectivity index (χ2v) is 4.52. The van der Waals surface area contributed by atoms with Gasteiger partial charge in [0.1, 0.15) is 6.61 Å². The van der Waals surface area contributed by atoms with E-state index < -0.39 is 0 Å². The molecule has 94 valence electrons. The van der Waals surface area contributed by atoms with E-state index in [-0.39, 0.29) is 6.10 Å². The predicted octanol–water partition coefficient (Wildman–Crippen LogP) is 2.24. The Labute approximate surface area is 109 Å². The first-order chi connectivity index (χ1) is 8.84. The van der Waals surface area contributed by atoms with Crippen molar-refractivity contribution < 1.29 is 9.47 Å². The maximum Gasteiger partial charge on any atom is 0.241 e. The van der Waals surface area contributed by atoms with Crippen LogP contribution in [0.4, 0.5) is 0 Å². The van der Waals surface area contributed by atoms with Crippen molar-refractivity contribution in [2.24, 2.45) is 0 Å². The maximum absolute atomic E-state index is 5.96. The first-order valence-electron chi connectivity index (χ1n) is 5.85. The summed E-state index contributed by atoms with van der Waals surface area (Å²) in [6.07, 6.45) is 5.61. The van der Waals surface area contributed by atoms with Crippen LogP contribution in [-0.2, 0) is 4.74 Å². The molecule has 0 amide bonds. The van der Waals surface area contributed by atoms with Gasteiger partial charge >= 0.3 is 0 Å². The minimum atomic E-state index is 0.152. The molecular formula is C12H12ClN3O2. The largest absolute Gasteiger partial charge is 0.473 e. The first kappa shape index (κ1) is 11.6. The average Bonchev–Trinajstić information content (AvgIpc) is 2.92. The molecule has 0 radical (unpaired) electrons. The standard InChI is InChI=1S/C12H12ClN3O2/c13-11-10-6-14-4-3-9(10)12(16-15-11)18-7-8-2-1-5-17-8/h3-4,6,8H,1-2,5,7H2/t8-/m1/s1. The second kappa shape index (κ2) is 5.04. The molecule has 0 aromatic carbocycles. The van der Waals surface area contributed by atoms with Crippen LogP contribution < -0.4 is 4.74 Å². The lowest BCUT2D eigenvalue weighted by Crippen LogP contribution is -2.17. The van der Waals surface area contributed by atoms with Crippen molar-refractivity contribution in [1.82, 2.24) is 15.2 Å². The molecule has 3 heterocycles. The zero-order valence-corrected chi connectivity index (χ0v) is 10.4. The van der Waals surface area contributed by atoms with E-state index in [0.717, 1.165) is 30.2 Å². The Morgan fingerprint density at radius 3 is 3.17 bits per heavy atom. The number of hydrogen-bond acceptors (Lipinski definition) is 5. The van der Waals surface area contributed by atoms with E-state index in [4.69, 9.17) is 21.1 Å². The van der Waals surface area contributed by atoms with Crippen molar-refractivity contribution in [3.63, 3.8) is 0 Å². The average molecular weight is 266 g/mol. The van der Waals surface area contributed by atoms with E-state index in [0.29, 0.717) is 17.6 Å². The molecule has 6 heteroatoms. The SMILES string of the molecule is Clc1nnc(OC[C@H]2CCCO2)c2ccncc12. The van der Waals surface area contributed by atoms with Crippen LogP contribution in [0.2, 0.25) is 5.15 Å². The van der Waals surface area contributed by atoms with Gasteiger partial charge in [-0.15, -0.1) is 10.2 Å². The zero-order valence-electron chi connectivity index (χ0n) is 9.67. The Kier molecular flexibility index (Phi) is 3.25. The van der Waals surface area contributed by atoms with Gasteiger partial charge in [0, 0.05) is 24.4 Å². The van der Waals surface area contributed by atoms with Crippen LogP contribution >= 0.6 is 11.6 Å². The summed E-state index contributed by atoms with van der Waals surface area (Å²) < 4.78 is 11.2. The molecule has 0 N–H and O–H groups in total. The molecule has 2 aromatic rings. The molecule has 1 aliphatic heterocycles. The molecule has 0 unspecified atom stereocenters. The van der Waals surface area contributed by atoms with Gasteiger partial charge in [-0.05, 0) is 18.9 Å². The van der Waals surface area contributed by atoms with E-state index in [2.05, 4.69) is 15.2 Å². The van der Waals surface area contributed by atoms with Crippen molar-refractivity contribution in [3.05, 3.63) is 23.6 Å². The van der Waals surface area contributed by atoms with Gasteiger partial charge in [-0.1, -0.05) is 11.6 Å². The number of pyridine rings is 1. The number of nitrogens with zero attached hydrogens (tertiary/aromatic N) is 3. The lowest BCUT2D eigenvalue weighted by Gasteiger charge is -2.11. The molecule has 0 spiro atoms. The molecule has 3 rings (SSSR count). The van der Waals surface area contributed by atoms with Crippen LogP contribution in [0.15, 0.2) is 18.5 Å². The van der Waals surface area contributed by atoms with Crippen molar-refractivity contribution in [2.45, 2.75) is 18.9 Å². The maximum atomic E-state index is 5.96. The Bertz CT molecular complexity index is 558. The summed E-state index contributed by atoms with van der Waals surface area (Å²) in [6.45, 7) is 1.30. The molecule has 0 bridgehead atoms. The minimum Gasteiger partial charge on any atom is -0.473 e. The molecule has 0 aliphatic carbocycles. The van der Waals surface area contributed by atoms with Crippen molar-refractivity contribution in [3.8, 4) is 5.88 Å². The number of aromatic nitrogens is 3. The summed E-state index contributed by atoms with van der Waals surface area (Å²) in [4.78, 5) is 4.02. The fraction of sp³-hybridized carbons (Fsp3) is 0.417. The van der Waals surface area contributed by atoms with Gasteiger partial charge in [0.15, 0.2) is 5.15 Å². The van der Waals surface area contributed by atoms with Crippen LogP contribution in [0.1, 0.15) is 12.8 Å². The Hall–Kier alpha value is -1.46. The Morgan fingerprint density at radius 1 is 1.39 bits per heavy atom. The van der Waals surface area contributed by atoms with Gasteiger partial charge < -0.3 is 9.47 Å². The topological polar surface area (TPSA) is 57.1 Å². The van der Waals surface area contributed by atoms with Crippen LogP contribution in [0.3, 0.4) is 0 Å². The highest BCUT2D eigenvalue weighted by atomic mass is 35.5. The lowest BCUT2D eigenvalue weighted by molar-refractivity contribution is 0.0666. The van der Waals surface area contributed by atoms with Crippen LogP contribution in [0.25, 0.3) is 10.8 Å². The third-order valence-corrected chi connectivity index (χ3v) is 3.21. The monoisotopic (exact) mass is 265 g/mol. The van der Waals surface area contributed by atoms with E-state index in [1.165, 1.54) is 0 Å². The molecule has 18 heavy (non-hydrogen) atoms. The van der Waals surface area contributed by atoms with Gasteiger partial charge in [0.25, 0.3) is 0 Å². The predicted molar refractivity (Wildman–Crippen MR) is 66.8 cm³/mol. The summed E-state index contributed by atoms with van der Waals surface area (Å²) in [5.41, 5.74) is 0. The number of ether oxygens (including phenoxy) is 2. The minimum absolute atomic E-state index is 0.152. The van der Waals surface area contributed by atoms with E-state index in [1.54, 1.807) is 12.4 Å². The zero-order chi connectivity index (χ0) is 12.4. The van der Waals surface area contributed by atoms with Crippen LogP contribution in [-0.4, -0.2) is 34.5 Å². The van der Waals surface area contributed by atoms with Gasteiger partial charge in [0.05, 0.1) is 11.5 Å². The van der Waals surface area contributed by atoms with Gasteiger partial charge in [0.2, 0.25) is 5.88 Å². The fourth-order valence-electron chi connectivity index (χ4n) is 2.00. The first-order valence-corrected chi connectivity index (χ1v) is 6.22.